The van der Waals surface area contributed by atoms with E-state index in [1.54, 1.807) is 0 Å². The fourth-order valence-corrected chi connectivity index (χ4v) is 6.47. The maximum atomic E-state index is 13.0. The Morgan fingerprint density at radius 1 is 1.10 bits per heavy atom. The zero-order valence-electron chi connectivity index (χ0n) is 18.9. The van der Waals surface area contributed by atoms with Crippen molar-refractivity contribution in [2.75, 3.05) is 6.61 Å². The smallest absolute Gasteiger partial charge is 0.308 e. The van der Waals surface area contributed by atoms with E-state index in [2.05, 4.69) is 6.92 Å². The highest BCUT2D eigenvalue weighted by Crippen LogP contribution is 2.61. The first kappa shape index (κ1) is 21.8. The van der Waals surface area contributed by atoms with Gasteiger partial charge in [-0.25, -0.2) is 0 Å². The third kappa shape index (κ3) is 3.97. The van der Waals surface area contributed by atoms with E-state index < -0.39 is 5.97 Å². The summed E-state index contributed by atoms with van der Waals surface area (Å²) in [4.78, 5) is 36.2. The van der Waals surface area contributed by atoms with Gasteiger partial charge in [-0.05, 0) is 73.6 Å². The predicted molar refractivity (Wildman–Crippen MR) is 114 cm³/mol. The number of ether oxygens (including phenoxy) is 3. The first-order chi connectivity index (χ1) is 14.7. The molecule has 0 radical (unpaired) electrons. The number of hydrogen-bond donors (Lipinski definition) is 0. The molecule has 3 aliphatic rings. The molecule has 0 N–H and O–H groups in total. The van der Waals surface area contributed by atoms with Crippen molar-refractivity contribution in [3.8, 4) is 11.5 Å². The van der Waals surface area contributed by atoms with Crippen molar-refractivity contribution in [3.63, 3.8) is 0 Å². The summed E-state index contributed by atoms with van der Waals surface area (Å²) in [6, 6.07) is 3.82. The van der Waals surface area contributed by atoms with Crippen LogP contribution in [-0.2, 0) is 25.5 Å². The Hall–Kier alpha value is -2.37. The van der Waals surface area contributed by atoms with E-state index in [4.69, 9.17) is 14.2 Å². The zero-order chi connectivity index (χ0) is 22.3. The predicted octanol–water partition coefficient (Wildman–Crippen LogP) is 4.37. The van der Waals surface area contributed by atoms with Gasteiger partial charge in [-0.15, -0.1) is 0 Å². The summed E-state index contributed by atoms with van der Waals surface area (Å²) >= 11 is 0. The average Bonchev–Trinajstić information content (AvgIpc) is 2.92. The molecule has 2 saturated carbocycles. The molecular weight excluding hydrogens is 396 g/mol. The minimum atomic E-state index is -0.408. The molecular formula is C25H32O6. The Morgan fingerprint density at radius 3 is 2.55 bits per heavy atom. The van der Waals surface area contributed by atoms with Gasteiger partial charge in [-0.3, -0.25) is 14.4 Å². The molecule has 1 aromatic rings. The Morgan fingerprint density at radius 2 is 1.87 bits per heavy atom. The second-order valence-corrected chi connectivity index (χ2v) is 9.54. The lowest BCUT2D eigenvalue weighted by molar-refractivity contribution is -0.155. The van der Waals surface area contributed by atoms with Crippen LogP contribution in [0.25, 0.3) is 0 Å². The van der Waals surface area contributed by atoms with Crippen molar-refractivity contribution in [1.82, 2.24) is 0 Å². The van der Waals surface area contributed by atoms with Crippen molar-refractivity contribution in [2.24, 2.45) is 17.3 Å². The number of carbonyl (C=O) groups excluding carboxylic acids is 3. The van der Waals surface area contributed by atoms with Crippen molar-refractivity contribution in [1.29, 1.82) is 0 Å². The van der Waals surface area contributed by atoms with Gasteiger partial charge in [0.15, 0.2) is 11.5 Å². The first-order valence-corrected chi connectivity index (χ1v) is 11.4. The normalized spacial score (nSPS) is 31.7. The van der Waals surface area contributed by atoms with Crippen LogP contribution < -0.4 is 9.47 Å². The number of fused-ring (bicyclic) bond motifs is 5. The molecule has 0 spiro atoms. The van der Waals surface area contributed by atoms with Crippen molar-refractivity contribution >= 4 is 17.7 Å². The molecule has 6 heteroatoms. The van der Waals surface area contributed by atoms with Gasteiger partial charge in [0, 0.05) is 32.1 Å². The molecule has 0 aromatic heterocycles. The highest BCUT2D eigenvalue weighted by Gasteiger charge is 2.56. The molecule has 1 aromatic carbocycles. The lowest BCUT2D eigenvalue weighted by atomic mass is 9.58. The zero-order valence-corrected chi connectivity index (χ0v) is 18.9. The molecule has 2 fully saturated rings. The van der Waals surface area contributed by atoms with E-state index in [1.807, 2.05) is 19.1 Å². The summed E-state index contributed by atoms with van der Waals surface area (Å²) in [5, 5.41) is 0. The van der Waals surface area contributed by atoms with E-state index in [0.717, 1.165) is 36.8 Å². The summed E-state index contributed by atoms with van der Waals surface area (Å²) in [6.07, 6.45) is 4.55. The SMILES string of the molecule is CCOc1cc2c(cc1OC(C)=O)CC(=O)CC1C2CC[C@@]2(C)C1CC[C@@H]2OC(C)=O. The number of Topliss-reactive ketones (excluding diaryl/α,β-unsaturated/α-hetero) is 1. The van der Waals surface area contributed by atoms with E-state index in [-0.39, 0.29) is 35.1 Å². The highest BCUT2D eigenvalue weighted by molar-refractivity contribution is 5.83. The third-order valence-corrected chi connectivity index (χ3v) is 7.67. The van der Waals surface area contributed by atoms with Crippen LogP contribution in [0.1, 0.15) is 76.8 Å². The van der Waals surface area contributed by atoms with Crippen molar-refractivity contribution < 1.29 is 28.6 Å². The van der Waals surface area contributed by atoms with E-state index in [9.17, 15) is 14.4 Å². The van der Waals surface area contributed by atoms with E-state index in [0.29, 0.717) is 36.9 Å². The second kappa shape index (κ2) is 8.29. The van der Waals surface area contributed by atoms with Crippen LogP contribution in [0.3, 0.4) is 0 Å². The molecule has 0 heterocycles. The molecule has 4 rings (SSSR count). The van der Waals surface area contributed by atoms with Crippen LogP contribution in [0.4, 0.5) is 0 Å². The number of ketones is 1. The number of carbonyl (C=O) groups is 3. The van der Waals surface area contributed by atoms with E-state index in [1.165, 1.54) is 13.8 Å². The average molecular weight is 429 g/mol. The number of esters is 2. The monoisotopic (exact) mass is 428 g/mol. The summed E-state index contributed by atoms with van der Waals surface area (Å²) in [5.74, 6) is 1.34. The molecule has 3 aliphatic carbocycles. The van der Waals surface area contributed by atoms with Gasteiger partial charge in [0.25, 0.3) is 0 Å². The molecule has 168 valence electrons. The number of rotatable bonds is 4. The van der Waals surface area contributed by atoms with Crippen molar-refractivity contribution in [2.45, 2.75) is 78.2 Å². The van der Waals surface area contributed by atoms with Crippen LogP contribution in [0, 0.1) is 17.3 Å². The van der Waals surface area contributed by atoms with Crippen LogP contribution in [0.15, 0.2) is 12.1 Å². The first-order valence-electron chi connectivity index (χ1n) is 11.4. The fourth-order valence-electron chi connectivity index (χ4n) is 6.47. The van der Waals surface area contributed by atoms with Crippen LogP contribution in [0.2, 0.25) is 0 Å². The highest BCUT2D eigenvalue weighted by atomic mass is 16.6. The fraction of sp³-hybridized carbons (Fsp3) is 0.640. The molecule has 0 aliphatic heterocycles. The topological polar surface area (TPSA) is 78.9 Å². The van der Waals surface area contributed by atoms with Crippen LogP contribution in [-0.4, -0.2) is 30.4 Å². The number of hydrogen-bond acceptors (Lipinski definition) is 6. The largest absolute Gasteiger partial charge is 0.490 e. The summed E-state index contributed by atoms with van der Waals surface area (Å²) < 4.78 is 16.9. The Bertz CT molecular complexity index is 906. The van der Waals surface area contributed by atoms with Crippen molar-refractivity contribution in [3.05, 3.63) is 23.3 Å². The summed E-state index contributed by atoms with van der Waals surface area (Å²) in [5.41, 5.74) is 2.00. The molecule has 5 atom stereocenters. The maximum absolute atomic E-state index is 13.0. The van der Waals surface area contributed by atoms with Gasteiger partial charge in [0.05, 0.1) is 6.61 Å². The van der Waals surface area contributed by atoms with Gasteiger partial charge in [0.2, 0.25) is 0 Å². The minimum Gasteiger partial charge on any atom is -0.490 e. The van der Waals surface area contributed by atoms with Crippen LogP contribution in [0.5, 0.6) is 11.5 Å². The lowest BCUT2D eigenvalue weighted by Gasteiger charge is -2.48. The molecule has 3 unspecified atom stereocenters. The van der Waals surface area contributed by atoms with Gasteiger partial charge in [-0.2, -0.15) is 0 Å². The van der Waals surface area contributed by atoms with Gasteiger partial charge in [0.1, 0.15) is 11.9 Å². The Balaban J connectivity index is 1.73. The minimum absolute atomic E-state index is 0.0703. The molecule has 0 amide bonds. The molecule has 31 heavy (non-hydrogen) atoms. The molecule has 6 nitrogen and oxygen atoms in total. The van der Waals surface area contributed by atoms with Gasteiger partial charge >= 0.3 is 11.9 Å². The number of benzene rings is 1. The molecule has 0 saturated heterocycles. The van der Waals surface area contributed by atoms with E-state index >= 15 is 0 Å². The van der Waals surface area contributed by atoms with Gasteiger partial charge in [-0.1, -0.05) is 6.92 Å². The Labute approximate surface area is 183 Å². The summed E-state index contributed by atoms with van der Waals surface area (Å²) in [6.45, 7) is 7.44. The third-order valence-electron chi connectivity index (χ3n) is 7.67. The molecule has 0 bridgehead atoms. The lowest BCUT2D eigenvalue weighted by Crippen LogP contribution is -2.44. The quantitative estimate of drug-likeness (QED) is 0.523. The van der Waals surface area contributed by atoms with Crippen LogP contribution >= 0.6 is 0 Å². The maximum Gasteiger partial charge on any atom is 0.308 e. The summed E-state index contributed by atoms with van der Waals surface area (Å²) in [7, 11) is 0. The Kier molecular flexibility index (Phi) is 5.84. The van der Waals surface area contributed by atoms with Gasteiger partial charge < -0.3 is 14.2 Å². The second-order valence-electron chi connectivity index (χ2n) is 9.54. The standard InChI is InChI=1S/C25H32O6/c1-5-29-22-13-19-16(11-23(22)30-14(2)26)10-17(28)12-20-18(19)8-9-25(4)21(20)6-7-24(25)31-15(3)27/h11,13,18,20-21,24H,5-10,12H2,1-4H3/t18?,20?,21?,24-,25-/m0/s1.